The first-order chi connectivity index (χ1) is 8.61. The Kier molecular flexibility index (Phi) is 4.27. The zero-order valence-electron chi connectivity index (χ0n) is 9.64. The summed E-state index contributed by atoms with van der Waals surface area (Å²) in [5.41, 5.74) is 0.647. The number of halogens is 2. The van der Waals surface area contributed by atoms with E-state index in [-0.39, 0.29) is 18.4 Å². The Morgan fingerprint density at radius 1 is 1.39 bits per heavy atom. The van der Waals surface area contributed by atoms with Crippen molar-refractivity contribution in [3.8, 4) is 0 Å². The van der Waals surface area contributed by atoms with E-state index in [4.69, 9.17) is 28.3 Å². The summed E-state index contributed by atoms with van der Waals surface area (Å²) in [6, 6.07) is 5.21. The number of nitrogens with zero attached hydrogens (tertiary/aromatic N) is 1. The molecule has 0 unspecified atom stereocenters. The molecule has 0 bridgehead atoms. The molecule has 1 N–H and O–H groups in total. The molecule has 1 aromatic rings. The second-order valence-electron chi connectivity index (χ2n) is 4.26. The summed E-state index contributed by atoms with van der Waals surface area (Å²) in [6.07, 6.45) is 3.08. The minimum Gasteiger partial charge on any atom is -0.396 e. The van der Waals surface area contributed by atoms with Crippen LogP contribution in [-0.4, -0.2) is 35.6 Å². The summed E-state index contributed by atoms with van der Waals surface area (Å²) >= 11 is 12.0. The van der Waals surface area contributed by atoms with Crippen LogP contribution >= 0.6 is 23.2 Å². The van der Waals surface area contributed by atoms with Crippen LogP contribution in [0.2, 0.25) is 10.0 Å². The first-order valence-corrected chi connectivity index (χ1v) is 6.39. The molecule has 1 saturated heterocycles. The lowest BCUT2D eigenvalue weighted by atomic mass is 10.0. The van der Waals surface area contributed by atoms with Crippen molar-refractivity contribution in [3.63, 3.8) is 0 Å². The molecular formula is C13H13Cl2NO2. The van der Waals surface area contributed by atoms with Crippen molar-refractivity contribution in [3.05, 3.63) is 39.9 Å². The van der Waals surface area contributed by atoms with Gasteiger partial charge in [0, 0.05) is 47.3 Å². The van der Waals surface area contributed by atoms with E-state index in [9.17, 15) is 4.79 Å². The third-order valence-corrected chi connectivity index (χ3v) is 3.58. The van der Waals surface area contributed by atoms with Crippen molar-refractivity contribution in [1.82, 2.24) is 4.90 Å². The first-order valence-electron chi connectivity index (χ1n) is 5.63. The van der Waals surface area contributed by atoms with Crippen LogP contribution in [0.25, 0.3) is 6.08 Å². The van der Waals surface area contributed by atoms with Gasteiger partial charge < -0.3 is 10.0 Å². The largest absolute Gasteiger partial charge is 0.396 e. The molecule has 1 heterocycles. The highest BCUT2D eigenvalue weighted by atomic mass is 35.5. The van der Waals surface area contributed by atoms with Crippen molar-refractivity contribution in [2.24, 2.45) is 5.92 Å². The second kappa shape index (κ2) is 5.74. The van der Waals surface area contributed by atoms with Gasteiger partial charge in [-0.15, -0.1) is 0 Å². The normalized spacial score (nSPS) is 16.1. The summed E-state index contributed by atoms with van der Waals surface area (Å²) in [4.78, 5) is 13.4. The summed E-state index contributed by atoms with van der Waals surface area (Å²) < 4.78 is 0. The molecule has 1 aliphatic rings. The number of rotatable bonds is 3. The summed E-state index contributed by atoms with van der Waals surface area (Å²) in [5.74, 6) is 0.127. The lowest BCUT2D eigenvalue weighted by Crippen LogP contribution is -2.50. The van der Waals surface area contributed by atoms with Crippen LogP contribution in [0.5, 0.6) is 0 Å². The number of hydrogen-bond acceptors (Lipinski definition) is 2. The van der Waals surface area contributed by atoms with E-state index in [1.54, 1.807) is 29.2 Å². The van der Waals surface area contributed by atoms with Crippen LogP contribution in [0.1, 0.15) is 5.56 Å². The number of aliphatic hydroxyl groups is 1. The molecular weight excluding hydrogens is 273 g/mol. The Balaban J connectivity index is 2.01. The number of hydrogen-bond donors (Lipinski definition) is 1. The third kappa shape index (κ3) is 2.86. The van der Waals surface area contributed by atoms with Gasteiger partial charge in [0.2, 0.25) is 5.91 Å². The van der Waals surface area contributed by atoms with Crippen LogP contribution < -0.4 is 0 Å². The number of amides is 1. The molecule has 18 heavy (non-hydrogen) atoms. The predicted octanol–water partition coefficient (Wildman–Crippen LogP) is 2.46. The summed E-state index contributed by atoms with van der Waals surface area (Å²) in [6.45, 7) is 1.34. The van der Waals surface area contributed by atoms with Crippen LogP contribution in [0, 0.1) is 5.92 Å². The average molecular weight is 286 g/mol. The van der Waals surface area contributed by atoms with Crippen molar-refractivity contribution in [2.45, 2.75) is 0 Å². The highest BCUT2D eigenvalue weighted by Gasteiger charge is 2.28. The van der Waals surface area contributed by atoms with Crippen LogP contribution in [0.15, 0.2) is 24.3 Å². The number of aliphatic hydroxyl groups excluding tert-OH is 1. The van der Waals surface area contributed by atoms with Gasteiger partial charge in [0.1, 0.15) is 0 Å². The van der Waals surface area contributed by atoms with Gasteiger partial charge in [-0.3, -0.25) is 4.79 Å². The second-order valence-corrected chi connectivity index (χ2v) is 5.07. The molecule has 0 aliphatic carbocycles. The van der Waals surface area contributed by atoms with Crippen LogP contribution in [0.3, 0.4) is 0 Å². The van der Waals surface area contributed by atoms with Crippen molar-refractivity contribution in [2.75, 3.05) is 19.7 Å². The molecule has 5 heteroatoms. The van der Waals surface area contributed by atoms with Gasteiger partial charge >= 0.3 is 0 Å². The quantitative estimate of drug-likeness (QED) is 0.867. The zero-order valence-corrected chi connectivity index (χ0v) is 11.2. The standard InChI is InChI=1S/C13H13Cl2NO2/c14-11-2-1-3-12(15)10(11)4-5-13(18)16-6-9(7-16)8-17/h1-5,9,17H,6-8H2. The number of likely N-dealkylation sites (tertiary alicyclic amines) is 1. The molecule has 0 aromatic heterocycles. The fraction of sp³-hybridized carbons (Fsp3) is 0.308. The third-order valence-electron chi connectivity index (χ3n) is 2.92. The first kappa shape index (κ1) is 13.4. The molecule has 3 nitrogen and oxygen atoms in total. The van der Waals surface area contributed by atoms with Gasteiger partial charge in [-0.05, 0) is 18.2 Å². The molecule has 1 aromatic carbocycles. The molecule has 1 amide bonds. The van der Waals surface area contributed by atoms with E-state index in [0.717, 1.165) is 0 Å². The minimum absolute atomic E-state index is 0.0873. The molecule has 96 valence electrons. The summed E-state index contributed by atoms with van der Waals surface area (Å²) in [5, 5.41) is 9.91. The SMILES string of the molecule is O=C(C=Cc1c(Cl)cccc1Cl)N1CC(CO)C1. The minimum atomic E-state index is -0.0873. The van der Waals surface area contributed by atoms with E-state index in [2.05, 4.69) is 0 Å². The predicted molar refractivity (Wildman–Crippen MR) is 72.7 cm³/mol. The fourth-order valence-electron chi connectivity index (χ4n) is 1.80. The Labute approximate surface area is 116 Å². The lowest BCUT2D eigenvalue weighted by Gasteiger charge is -2.37. The van der Waals surface area contributed by atoms with Gasteiger partial charge in [-0.2, -0.15) is 0 Å². The smallest absolute Gasteiger partial charge is 0.246 e. The Bertz CT molecular complexity index is 462. The maximum atomic E-state index is 11.8. The molecule has 0 saturated carbocycles. The van der Waals surface area contributed by atoms with Gasteiger partial charge in [0.25, 0.3) is 0 Å². The molecule has 0 atom stereocenters. The maximum Gasteiger partial charge on any atom is 0.246 e. The Morgan fingerprint density at radius 3 is 2.56 bits per heavy atom. The molecule has 0 spiro atoms. The lowest BCUT2D eigenvalue weighted by molar-refractivity contribution is -0.132. The number of benzene rings is 1. The molecule has 1 fully saturated rings. The van der Waals surface area contributed by atoms with Crippen molar-refractivity contribution >= 4 is 35.2 Å². The van der Waals surface area contributed by atoms with E-state index >= 15 is 0 Å². The van der Waals surface area contributed by atoms with Crippen LogP contribution in [0.4, 0.5) is 0 Å². The van der Waals surface area contributed by atoms with E-state index in [0.29, 0.717) is 28.7 Å². The maximum absolute atomic E-state index is 11.8. The van der Waals surface area contributed by atoms with E-state index in [1.165, 1.54) is 6.08 Å². The topological polar surface area (TPSA) is 40.5 Å². The monoisotopic (exact) mass is 285 g/mol. The van der Waals surface area contributed by atoms with Gasteiger partial charge in [0.05, 0.1) is 0 Å². The number of carbonyl (C=O) groups excluding carboxylic acids is 1. The molecule has 2 rings (SSSR count). The number of carbonyl (C=O) groups is 1. The Morgan fingerprint density at radius 2 is 2.00 bits per heavy atom. The van der Waals surface area contributed by atoms with E-state index in [1.807, 2.05) is 0 Å². The molecule has 1 aliphatic heterocycles. The zero-order chi connectivity index (χ0) is 13.1. The molecule has 0 radical (unpaired) electrons. The fourth-order valence-corrected chi connectivity index (χ4v) is 2.32. The highest BCUT2D eigenvalue weighted by molar-refractivity contribution is 6.37. The van der Waals surface area contributed by atoms with Gasteiger partial charge in [-0.1, -0.05) is 29.3 Å². The highest BCUT2D eigenvalue weighted by Crippen LogP contribution is 2.25. The average Bonchev–Trinajstić information content (AvgIpc) is 2.27. The van der Waals surface area contributed by atoms with Crippen molar-refractivity contribution < 1.29 is 9.90 Å². The Hall–Kier alpha value is -1.03. The van der Waals surface area contributed by atoms with Crippen molar-refractivity contribution in [1.29, 1.82) is 0 Å². The summed E-state index contributed by atoms with van der Waals surface area (Å²) in [7, 11) is 0. The van der Waals surface area contributed by atoms with Crippen LogP contribution in [-0.2, 0) is 4.79 Å². The van der Waals surface area contributed by atoms with Gasteiger partial charge in [0.15, 0.2) is 0 Å². The van der Waals surface area contributed by atoms with E-state index < -0.39 is 0 Å². The van der Waals surface area contributed by atoms with Gasteiger partial charge in [-0.25, -0.2) is 0 Å².